The molecule has 12 nitrogen and oxygen atoms in total. The van der Waals surface area contributed by atoms with Crippen molar-refractivity contribution in [3.63, 3.8) is 0 Å². The third kappa shape index (κ3) is 7.26. The van der Waals surface area contributed by atoms with Crippen LogP contribution < -0.4 is 16.2 Å². The van der Waals surface area contributed by atoms with Gasteiger partial charge in [0.25, 0.3) is 5.56 Å². The molecule has 0 aliphatic heterocycles. The molecule has 0 fully saturated rings. The number of benzene rings is 1. The van der Waals surface area contributed by atoms with Crippen LogP contribution in [0.4, 0.5) is 11.6 Å². The van der Waals surface area contributed by atoms with Gasteiger partial charge in [0.1, 0.15) is 11.5 Å². The van der Waals surface area contributed by atoms with E-state index in [-0.39, 0.29) is 17.9 Å². The molecule has 1 aromatic carbocycles. The second-order valence-corrected chi connectivity index (χ2v) is 10.6. The Morgan fingerprint density at radius 1 is 1.12 bits per heavy atom. The number of pyridine rings is 1. The summed E-state index contributed by atoms with van der Waals surface area (Å²) in [6.45, 7) is 5.72. The van der Waals surface area contributed by atoms with Crippen molar-refractivity contribution in [3.05, 3.63) is 58.4 Å². The highest BCUT2D eigenvalue weighted by Gasteiger charge is 2.15. The lowest BCUT2D eigenvalue weighted by Gasteiger charge is -2.22. The summed E-state index contributed by atoms with van der Waals surface area (Å²) in [6, 6.07) is 9.66. The number of nitrogen functional groups attached to an aromatic ring is 1. The van der Waals surface area contributed by atoms with Crippen molar-refractivity contribution in [3.8, 4) is 11.3 Å². The Bertz CT molecular complexity index is 1760. The number of aryl methyl sites for hydroxylation is 4. The Labute approximate surface area is 258 Å². The van der Waals surface area contributed by atoms with Crippen molar-refractivity contribution < 1.29 is 9.90 Å². The third-order valence-electron chi connectivity index (χ3n) is 7.08. The van der Waals surface area contributed by atoms with Crippen molar-refractivity contribution in [2.45, 2.75) is 39.7 Å². The van der Waals surface area contributed by atoms with Gasteiger partial charge in [-0.2, -0.15) is 10.1 Å². The number of hydrogen-bond donors (Lipinski definition) is 3. The molecule has 0 amide bonds. The van der Waals surface area contributed by atoms with E-state index in [1.165, 1.54) is 0 Å². The number of anilines is 2. The molecule has 0 unspecified atom stereocenters. The summed E-state index contributed by atoms with van der Waals surface area (Å²) in [4.78, 5) is 38.3. The number of halogens is 2. The average molecular weight is 629 g/mol. The summed E-state index contributed by atoms with van der Waals surface area (Å²) < 4.78 is 3.62. The van der Waals surface area contributed by atoms with Crippen LogP contribution in [0, 0.1) is 6.92 Å². The average Bonchev–Trinajstić information content (AvgIpc) is 3.61. The first-order chi connectivity index (χ1) is 20.7. The maximum Gasteiger partial charge on any atom is 0.303 e. The number of alkyl halides is 2. The van der Waals surface area contributed by atoms with E-state index < -0.39 is 5.97 Å². The summed E-state index contributed by atoms with van der Waals surface area (Å²) in [5, 5.41) is 16.3. The summed E-state index contributed by atoms with van der Waals surface area (Å²) in [5.41, 5.74) is 11.1. The van der Waals surface area contributed by atoms with Crippen LogP contribution in [-0.2, 0) is 24.8 Å². The number of hydrogen-bond acceptors (Lipinski definition) is 8. The molecule has 228 valence electrons. The zero-order valence-corrected chi connectivity index (χ0v) is 25.9. The lowest BCUT2D eigenvalue weighted by Crippen LogP contribution is -2.27. The van der Waals surface area contributed by atoms with Crippen LogP contribution >= 0.6 is 23.2 Å². The molecular weight excluding hydrogens is 593 g/mol. The van der Waals surface area contributed by atoms with Gasteiger partial charge in [0.05, 0.1) is 28.0 Å². The van der Waals surface area contributed by atoms with Gasteiger partial charge in [0.15, 0.2) is 0 Å². The van der Waals surface area contributed by atoms with Crippen LogP contribution in [-0.4, -0.2) is 70.2 Å². The highest BCUT2D eigenvalue weighted by atomic mass is 35.5. The molecule has 0 saturated carbocycles. The molecule has 0 saturated heterocycles. The number of nitrogens with one attached hydrogen (secondary N) is 1. The number of nitrogens with zero attached hydrogens (tertiary/aromatic N) is 7. The van der Waals surface area contributed by atoms with E-state index in [0.717, 1.165) is 46.7 Å². The monoisotopic (exact) mass is 627 g/mol. The van der Waals surface area contributed by atoms with E-state index in [1.54, 1.807) is 22.9 Å². The molecule has 4 aromatic heterocycles. The Morgan fingerprint density at radius 2 is 1.86 bits per heavy atom. The number of carboxylic acid groups (broad SMARTS) is 1. The van der Waals surface area contributed by atoms with E-state index in [2.05, 4.69) is 30.0 Å². The van der Waals surface area contributed by atoms with E-state index in [0.29, 0.717) is 48.1 Å². The molecule has 0 radical (unpaired) electrons. The van der Waals surface area contributed by atoms with Crippen LogP contribution in [0.5, 0.6) is 0 Å². The SMILES string of the molecule is CCn1c(=O)c(-c2ccn[nH]2)cc2c(C)nc(N)nc21.Cn1c(CCCC(=O)O)nc2cc(N(CCCl)CCCl)ccc21. The smallest absolute Gasteiger partial charge is 0.303 e. The Balaban J connectivity index is 0.000000198. The van der Waals surface area contributed by atoms with Crippen molar-refractivity contribution in [2.75, 3.05) is 35.5 Å². The number of carbonyl (C=O) groups is 1. The molecule has 0 atom stereocenters. The molecule has 0 bridgehead atoms. The number of H-pyrrole nitrogens is 1. The Hall–Kier alpha value is -4.16. The molecule has 14 heteroatoms. The van der Waals surface area contributed by atoms with Crippen LogP contribution in [0.1, 0.15) is 31.3 Å². The topological polar surface area (TPSA) is 161 Å². The first-order valence-electron chi connectivity index (χ1n) is 13.9. The molecule has 5 rings (SSSR count). The van der Waals surface area contributed by atoms with Gasteiger partial charge in [-0.3, -0.25) is 19.3 Å². The summed E-state index contributed by atoms with van der Waals surface area (Å²) in [6.07, 6.45) is 3.01. The predicted octanol–water partition coefficient (Wildman–Crippen LogP) is 4.36. The van der Waals surface area contributed by atoms with Gasteiger partial charge in [-0.25, -0.2) is 9.97 Å². The largest absolute Gasteiger partial charge is 0.481 e. The van der Waals surface area contributed by atoms with E-state index in [1.807, 2.05) is 43.7 Å². The highest BCUT2D eigenvalue weighted by molar-refractivity contribution is 6.18. The molecule has 5 aromatic rings. The number of imidazole rings is 1. The molecule has 0 aliphatic carbocycles. The molecular formula is C29H35Cl2N9O3. The number of carboxylic acids is 1. The van der Waals surface area contributed by atoms with Gasteiger partial charge in [-0.05, 0) is 50.6 Å². The normalized spacial score (nSPS) is 11.1. The molecule has 4 N–H and O–H groups in total. The maximum atomic E-state index is 12.5. The number of aromatic nitrogens is 7. The first kappa shape index (κ1) is 31.8. The van der Waals surface area contributed by atoms with E-state index in [4.69, 9.17) is 34.0 Å². The lowest BCUT2D eigenvalue weighted by atomic mass is 10.1. The molecule has 0 aliphatic rings. The van der Waals surface area contributed by atoms with Gasteiger partial charge in [0.2, 0.25) is 5.95 Å². The number of fused-ring (bicyclic) bond motifs is 2. The summed E-state index contributed by atoms with van der Waals surface area (Å²) in [7, 11) is 1.96. The van der Waals surface area contributed by atoms with Gasteiger partial charge < -0.3 is 20.3 Å². The van der Waals surface area contributed by atoms with Gasteiger partial charge in [0, 0.05) is 68.6 Å². The van der Waals surface area contributed by atoms with Crippen LogP contribution in [0.15, 0.2) is 41.3 Å². The fraction of sp³-hybridized carbons (Fsp3) is 0.379. The summed E-state index contributed by atoms with van der Waals surface area (Å²) >= 11 is 11.7. The van der Waals surface area contributed by atoms with Crippen LogP contribution in [0.25, 0.3) is 33.3 Å². The van der Waals surface area contributed by atoms with Gasteiger partial charge in [-0.1, -0.05) is 0 Å². The number of nitrogens with two attached hydrogens (primary N) is 1. The van der Waals surface area contributed by atoms with Gasteiger partial charge in [-0.15, -0.1) is 23.2 Å². The van der Waals surface area contributed by atoms with Crippen molar-refractivity contribution in [1.82, 2.24) is 34.3 Å². The van der Waals surface area contributed by atoms with Crippen LogP contribution in [0.3, 0.4) is 0 Å². The predicted molar refractivity (Wildman–Crippen MR) is 171 cm³/mol. The summed E-state index contributed by atoms with van der Waals surface area (Å²) in [5.74, 6) is 1.38. The quantitative estimate of drug-likeness (QED) is 0.181. The second-order valence-electron chi connectivity index (χ2n) is 9.85. The zero-order valence-electron chi connectivity index (χ0n) is 24.3. The number of aromatic amines is 1. The number of aliphatic carboxylic acids is 1. The molecule has 0 spiro atoms. The lowest BCUT2D eigenvalue weighted by molar-refractivity contribution is -0.137. The van der Waals surface area contributed by atoms with Gasteiger partial charge >= 0.3 is 5.97 Å². The minimum Gasteiger partial charge on any atom is -0.481 e. The van der Waals surface area contributed by atoms with Crippen molar-refractivity contribution >= 4 is 62.9 Å². The molecule has 4 heterocycles. The van der Waals surface area contributed by atoms with Crippen LogP contribution in [0.2, 0.25) is 0 Å². The minimum atomic E-state index is -0.774. The number of rotatable bonds is 11. The second kappa shape index (κ2) is 14.3. The Morgan fingerprint density at radius 3 is 2.49 bits per heavy atom. The fourth-order valence-corrected chi connectivity index (χ4v) is 5.34. The first-order valence-corrected chi connectivity index (χ1v) is 15.0. The Kier molecular flexibility index (Phi) is 10.6. The third-order valence-corrected chi connectivity index (χ3v) is 7.42. The van der Waals surface area contributed by atoms with E-state index >= 15 is 0 Å². The highest BCUT2D eigenvalue weighted by Crippen LogP contribution is 2.24. The van der Waals surface area contributed by atoms with E-state index in [9.17, 15) is 9.59 Å². The standard InChI is InChI=1S/C16H21Cl2N3O2.C13H14N6O/c1-20-14-6-5-12(21(9-7-17)10-8-18)11-13(14)19-15(20)3-2-4-16(22)23;1-3-19-11-8(7(2)16-13(14)17-11)6-9(12(19)20)10-4-5-15-18-10/h5-6,11H,2-4,7-10H2,1H3,(H,22,23);4-6H,3H2,1-2H3,(H,15,18)(H2,14,16,17). The minimum absolute atomic E-state index is 0.123. The van der Waals surface area contributed by atoms with Crippen molar-refractivity contribution in [1.29, 1.82) is 0 Å². The maximum absolute atomic E-state index is 12.5. The molecule has 43 heavy (non-hydrogen) atoms. The fourth-order valence-electron chi connectivity index (χ4n) is 4.93. The zero-order chi connectivity index (χ0) is 31.1. The van der Waals surface area contributed by atoms with Crippen molar-refractivity contribution in [2.24, 2.45) is 7.05 Å².